The highest BCUT2D eigenvalue weighted by atomic mass is 16.7. The molecule has 0 aliphatic carbocycles. The maximum absolute atomic E-state index is 12.5. The van der Waals surface area contributed by atoms with E-state index in [-0.39, 0.29) is 31.7 Å². The monoisotopic (exact) mass is 407 g/mol. The molecule has 3 atom stereocenters. The molecule has 2 aliphatic heterocycles. The third kappa shape index (κ3) is 3.61. The highest BCUT2D eigenvalue weighted by Gasteiger charge is 2.51. The van der Waals surface area contributed by atoms with Gasteiger partial charge in [0.05, 0.1) is 0 Å². The normalized spacial score (nSPS) is 22.4. The van der Waals surface area contributed by atoms with Crippen LogP contribution in [0.1, 0.15) is 24.3 Å². The lowest BCUT2D eigenvalue weighted by atomic mass is 9.91. The van der Waals surface area contributed by atoms with Crippen molar-refractivity contribution in [3.05, 3.63) is 34.2 Å². The predicted octanol–water partition coefficient (Wildman–Crippen LogP) is 0.556. The van der Waals surface area contributed by atoms with Crippen molar-refractivity contribution in [2.45, 2.75) is 30.5 Å². The Morgan fingerprint density at radius 2 is 2.03 bits per heavy atom. The maximum atomic E-state index is 12.5. The Labute approximate surface area is 163 Å². The first-order valence-electron chi connectivity index (χ1n) is 8.47. The van der Waals surface area contributed by atoms with E-state index in [9.17, 15) is 24.6 Å². The number of hydroxylamine groups is 2. The molecule has 1 saturated heterocycles. The number of hydrogen-bond acceptors (Lipinski definition) is 9. The number of nitrogens with zero attached hydrogens (tertiary/aromatic N) is 4. The second-order valence-electron chi connectivity index (χ2n) is 6.38. The average Bonchev–Trinajstić information content (AvgIpc) is 3.29. The van der Waals surface area contributed by atoms with Gasteiger partial charge in [-0.25, -0.2) is 9.59 Å². The fourth-order valence-electron chi connectivity index (χ4n) is 3.25. The van der Waals surface area contributed by atoms with E-state index < -0.39 is 35.5 Å². The lowest BCUT2D eigenvalue weighted by Gasteiger charge is -2.30. The number of benzene rings is 1. The Balaban J connectivity index is 1.82. The van der Waals surface area contributed by atoms with Crippen molar-refractivity contribution in [1.29, 1.82) is 0 Å². The molecule has 0 bridgehead atoms. The predicted molar refractivity (Wildman–Crippen MR) is 92.5 cm³/mol. The van der Waals surface area contributed by atoms with Gasteiger partial charge in [-0.15, -0.1) is 5.06 Å². The van der Waals surface area contributed by atoms with Crippen LogP contribution < -0.4 is 15.2 Å². The molecule has 2 aliphatic rings. The zero-order valence-electron chi connectivity index (χ0n) is 14.9. The summed E-state index contributed by atoms with van der Waals surface area (Å²) in [7, 11) is 0. The van der Waals surface area contributed by atoms with E-state index >= 15 is 0 Å². The third-order valence-corrected chi connectivity index (χ3v) is 4.71. The maximum Gasteiger partial charge on any atom is 0.343 e. The van der Waals surface area contributed by atoms with Crippen molar-refractivity contribution in [3.63, 3.8) is 0 Å². The van der Waals surface area contributed by atoms with Gasteiger partial charge >= 0.3 is 17.9 Å². The molecule has 0 spiro atoms. The molecule has 1 aromatic carbocycles. The summed E-state index contributed by atoms with van der Waals surface area (Å²) in [4.78, 5) is 43.5. The standard InChI is InChI=1S/C16H17N5O8/c17-12(11(13(22)23)8-2-3-9-10(6-8)28-7-27-9)14(24)29-21-5-1-4-16(21,15(25)26)19-20-18/h2-3,6,11-12H,1,4-5,7,17H2,(H,22,23)(H,25,26)/t11-,12-,16-/m1/s1. The van der Waals surface area contributed by atoms with E-state index in [0.29, 0.717) is 11.5 Å². The summed E-state index contributed by atoms with van der Waals surface area (Å²) in [5.74, 6) is -4.85. The molecule has 0 amide bonds. The quantitative estimate of drug-likeness (QED) is 0.326. The molecule has 1 fully saturated rings. The number of azide groups is 1. The molecule has 0 aromatic heterocycles. The van der Waals surface area contributed by atoms with Crippen LogP contribution >= 0.6 is 0 Å². The van der Waals surface area contributed by atoms with Crippen LogP contribution in [0.5, 0.6) is 11.5 Å². The molecule has 0 unspecified atom stereocenters. The molecule has 4 N–H and O–H groups in total. The van der Waals surface area contributed by atoms with E-state index in [1.54, 1.807) is 0 Å². The molecule has 1 aromatic rings. The minimum atomic E-state index is -2.11. The minimum absolute atomic E-state index is 0.0176. The van der Waals surface area contributed by atoms with Crippen molar-refractivity contribution in [3.8, 4) is 11.5 Å². The van der Waals surface area contributed by atoms with Crippen LogP contribution in [0.25, 0.3) is 10.4 Å². The molecule has 2 heterocycles. The van der Waals surface area contributed by atoms with Gasteiger partial charge in [-0.2, -0.15) is 0 Å². The number of hydrogen-bond donors (Lipinski definition) is 3. The number of carbonyl (C=O) groups excluding carboxylic acids is 1. The lowest BCUT2D eigenvalue weighted by Crippen LogP contribution is -2.52. The molecule has 0 radical (unpaired) electrons. The SMILES string of the molecule is [N-]=[N+]=N[C@]1(C(=O)O)CCCN1OC(=O)[C@H](N)[C@H](C(=O)O)c1ccc2c(c1)OCO2. The zero-order chi connectivity index (χ0) is 21.2. The number of rotatable bonds is 7. The van der Waals surface area contributed by atoms with Gasteiger partial charge in [0.15, 0.2) is 11.5 Å². The lowest BCUT2D eigenvalue weighted by molar-refractivity contribution is -0.217. The molecular formula is C16H17N5O8. The topological polar surface area (TPSA) is 197 Å². The summed E-state index contributed by atoms with van der Waals surface area (Å²) < 4.78 is 10.4. The number of carboxylic acids is 2. The van der Waals surface area contributed by atoms with Crippen molar-refractivity contribution < 1.29 is 38.9 Å². The first-order chi connectivity index (χ1) is 13.8. The van der Waals surface area contributed by atoms with Crippen LogP contribution in [0.2, 0.25) is 0 Å². The second kappa shape index (κ2) is 7.83. The third-order valence-electron chi connectivity index (χ3n) is 4.71. The first-order valence-corrected chi connectivity index (χ1v) is 8.47. The van der Waals surface area contributed by atoms with Gasteiger partial charge < -0.3 is 30.3 Å². The number of ether oxygens (including phenoxy) is 2. The van der Waals surface area contributed by atoms with Gasteiger partial charge in [-0.05, 0) is 36.1 Å². The highest BCUT2D eigenvalue weighted by molar-refractivity contribution is 5.88. The van der Waals surface area contributed by atoms with E-state index in [0.717, 1.165) is 5.06 Å². The fraction of sp³-hybridized carbons (Fsp3) is 0.438. The summed E-state index contributed by atoms with van der Waals surface area (Å²) >= 11 is 0. The van der Waals surface area contributed by atoms with Gasteiger partial charge in [-0.1, -0.05) is 11.2 Å². The zero-order valence-corrected chi connectivity index (χ0v) is 14.9. The molecule has 29 heavy (non-hydrogen) atoms. The largest absolute Gasteiger partial charge is 0.481 e. The van der Waals surface area contributed by atoms with Gasteiger partial charge in [0.1, 0.15) is 12.0 Å². The van der Waals surface area contributed by atoms with Crippen LogP contribution in [-0.4, -0.2) is 58.2 Å². The second-order valence-corrected chi connectivity index (χ2v) is 6.38. The minimum Gasteiger partial charge on any atom is -0.481 e. The number of aliphatic carboxylic acids is 2. The number of carboxylic acid groups (broad SMARTS) is 2. The highest BCUT2D eigenvalue weighted by Crippen LogP contribution is 2.36. The first kappa shape index (κ1) is 20.2. The molecule has 154 valence electrons. The number of carbonyl (C=O) groups is 3. The summed E-state index contributed by atoms with van der Waals surface area (Å²) in [5, 5.41) is 23.0. The fourth-order valence-corrected chi connectivity index (χ4v) is 3.25. The van der Waals surface area contributed by atoms with Gasteiger partial charge in [-0.3, -0.25) is 4.79 Å². The molecule has 13 nitrogen and oxygen atoms in total. The van der Waals surface area contributed by atoms with Crippen LogP contribution in [0.3, 0.4) is 0 Å². The smallest absolute Gasteiger partial charge is 0.343 e. The number of fused-ring (bicyclic) bond motifs is 1. The molecule has 13 heteroatoms. The molecule has 3 rings (SSSR count). The van der Waals surface area contributed by atoms with Crippen molar-refractivity contribution in [2.75, 3.05) is 13.3 Å². The van der Waals surface area contributed by atoms with Crippen LogP contribution in [-0.2, 0) is 19.2 Å². The summed E-state index contributed by atoms with van der Waals surface area (Å²) in [6, 6.07) is 2.64. The van der Waals surface area contributed by atoms with E-state index in [2.05, 4.69) is 10.0 Å². The van der Waals surface area contributed by atoms with Gasteiger partial charge in [0, 0.05) is 11.5 Å². The summed E-state index contributed by atoms with van der Waals surface area (Å²) in [6.45, 7) is -0.0399. The average molecular weight is 407 g/mol. The van der Waals surface area contributed by atoms with E-state index in [4.69, 9.17) is 25.6 Å². The van der Waals surface area contributed by atoms with Crippen molar-refractivity contribution in [1.82, 2.24) is 5.06 Å². The van der Waals surface area contributed by atoms with Gasteiger partial charge in [0.25, 0.3) is 0 Å². The Morgan fingerprint density at radius 3 is 2.69 bits per heavy atom. The summed E-state index contributed by atoms with van der Waals surface area (Å²) in [5.41, 5.74) is 12.6. The van der Waals surface area contributed by atoms with Crippen LogP contribution in [0.15, 0.2) is 23.3 Å². The Morgan fingerprint density at radius 1 is 1.31 bits per heavy atom. The molecular weight excluding hydrogens is 390 g/mol. The molecule has 0 saturated carbocycles. The van der Waals surface area contributed by atoms with E-state index in [1.807, 2.05) is 0 Å². The van der Waals surface area contributed by atoms with Crippen LogP contribution in [0, 0.1) is 0 Å². The Hall–Kier alpha value is -3.54. The Bertz CT molecular complexity index is 897. The number of nitrogens with two attached hydrogens (primary N) is 1. The van der Waals surface area contributed by atoms with E-state index in [1.165, 1.54) is 18.2 Å². The summed E-state index contributed by atoms with van der Waals surface area (Å²) in [6.07, 6.45) is 0.192. The Kier molecular flexibility index (Phi) is 5.46. The van der Waals surface area contributed by atoms with Crippen LogP contribution in [0.4, 0.5) is 0 Å². The van der Waals surface area contributed by atoms with Gasteiger partial charge in [0.2, 0.25) is 12.5 Å². The van der Waals surface area contributed by atoms with Crippen molar-refractivity contribution in [2.24, 2.45) is 10.8 Å². The van der Waals surface area contributed by atoms with Crippen molar-refractivity contribution >= 4 is 17.9 Å².